The Balaban J connectivity index is 1.98. The zero-order valence-corrected chi connectivity index (χ0v) is 17.5. The van der Waals surface area contributed by atoms with E-state index in [4.69, 9.17) is 4.74 Å². The highest BCUT2D eigenvalue weighted by Crippen LogP contribution is 2.29. The SMILES string of the molecule is COCc1cnc2c(c1SCC(=O)N1CCC(C)CC1)c(=O)n(C)c(=O)n2C. The highest BCUT2D eigenvalue weighted by Gasteiger charge is 2.22. The largest absolute Gasteiger partial charge is 0.380 e. The highest BCUT2D eigenvalue weighted by molar-refractivity contribution is 8.00. The van der Waals surface area contributed by atoms with Crippen molar-refractivity contribution in [2.75, 3.05) is 26.0 Å². The minimum Gasteiger partial charge on any atom is -0.380 e. The van der Waals surface area contributed by atoms with Gasteiger partial charge in [-0.3, -0.25) is 18.7 Å². The summed E-state index contributed by atoms with van der Waals surface area (Å²) in [6.07, 6.45) is 3.65. The van der Waals surface area contributed by atoms with E-state index in [-0.39, 0.29) is 18.3 Å². The summed E-state index contributed by atoms with van der Waals surface area (Å²) < 4.78 is 7.67. The fourth-order valence-electron chi connectivity index (χ4n) is 3.45. The van der Waals surface area contributed by atoms with Crippen LogP contribution in [0.1, 0.15) is 25.3 Å². The van der Waals surface area contributed by atoms with E-state index in [1.807, 2.05) is 4.90 Å². The summed E-state index contributed by atoms with van der Waals surface area (Å²) >= 11 is 1.32. The Morgan fingerprint density at radius 3 is 2.57 bits per heavy atom. The summed E-state index contributed by atoms with van der Waals surface area (Å²) in [5.41, 5.74) is 0.203. The van der Waals surface area contributed by atoms with Crippen molar-refractivity contribution in [1.82, 2.24) is 19.0 Å². The Hall–Kier alpha value is -2.13. The number of amides is 1. The van der Waals surface area contributed by atoms with Gasteiger partial charge in [0.25, 0.3) is 5.56 Å². The summed E-state index contributed by atoms with van der Waals surface area (Å²) in [5.74, 6) is 0.946. The first-order valence-corrected chi connectivity index (χ1v) is 10.3. The Morgan fingerprint density at radius 2 is 1.93 bits per heavy atom. The summed E-state index contributed by atoms with van der Waals surface area (Å²) in [6, 6.07) is 0. The monoisotopic (exact) mass is 406 g/mol. The van der Waals surface area contributed by atoms with Gasteiger partial charge < -0.3 is 9.64 Å². The Bertz CT molecular complexity index is 1010. The van der Waals surface area contributed by atoms with Crippen LogP contribution in [0.15, 0.2) is 20.7 Å². The number of hydrogen-bond donors (Lipinski definition) is 0. The molecule has 3 heterocycles. The van der Waals surface area contributed by atoms with Gasteiger partial charge in [-0.2, -0.15) is 0 Å². The number of likely N-dealkylation sites (tertiary alicyclic amines) is 1. The number of aromatic nitrogens is 3. The smallest absolute Gasteiger partial charge is 0.332 e. The minimum atomic E-state index is -0.432. The lowest BCUT2D eigenvalue weighted by atomic mass is 9.99. The predicted molar refractivity (Wildman–Crippen MR) is 109 cm³/mol. The maximum Gasteiger partial charge on any atom is 0.332 e. The number of pyridine rings is 1. The molecular formula is C19H26N4O4S. The third-order valence-electron chi connectivity index (χ3n) is 5.27. The molecular weight excluding hydrogens is 380 g/mol. The molecule has 28 heavy (non-hydrogen) atoms. The van der Waals surface area contributed by atoms with Crippen LogP contribution in [0.2, 0.25) is 0 Å². The first-order valence-electron chi connectivity index (χ1n) is 9.32. The number of hydrogen-bond acceptors (Lipinski definition) is 6. The molecule has 0 saturated carbocycles. The Kier molecular flexibility index (Phi) is 6.24. The van der Waals surface area contributed by atoms with Crippen molar-refractivity contribution in [3.63, 3.8) is 0 Å². The number of nitrogens with zero attached hydrogens (tertiary/aromatic N) is 4. The van der Waals surface area contributed by atoms with Gasteiger partial charge in [-0.15, -0.1) is 11.8 Å². The second-order valence-corrected chi connectivity index (χ2v) is 8.29. The maximum absolute atomic E-state index is 12.8. The third-order valence-corrected chi connectivity index (χ3v) is 6.42. The van der Waals surface area contributed by atoms with Gasteiger partial charge in [-0.05, 0) is 18.8 Å². The molecule has 1 aliphatic rings. The molecule has 9 heteroatoms. The van der Waals surface area contributed by atoms with E-state index < -0.39 is 11.2 Å². The first-order chi connectivity index (χ1) is 13.3. The van der Waals surface area contributed by atoms with E-state index in [1.54, 1.807) is 20.4 Å². The molecule has 0 atom stereocenters. The molecule has 0 spiro atoms. The van der Waals surface area contributed by atoms with Crippen molar-refractivity contribution < 1.29 is 9.53 Å². The second kappa shape index (κ2) is 8.48. The molecule has 1 saturated heterocycles. The number of aryl methyl sites for hydroxylation is 1. The van der Waals surface area contributed by atoms with Gasteiger partial charge in [0.05, 0.1) is 17.7 Å². The summed E-state index contributed by atoms with van der Waals surface area (Å²) in [4.78, 5) is 44.6. The standard InChI is InChI=1S/C19H26N4O4S/c1-12-5-7-23(8-6-12)14(24)11-28-16-13(10-27-4)9-20-17-15(16)18(25)22(3)19(26)21(17)2/h9,12H,5-8,10-11H2,1-4H3. The number of rotatable bonds is 5. The lowest BCUT2D eigenvalue weighted by molar-refractivity contribution is -0.129. The van der Waals surface area contributed by atoms with Gasteiger partial charge in [0, 0.05) is 51.0 Å². The summed E-state index contributed by atoms with van der Waals surface area (Å²) in [6.45, 7) is 4.03. The number of thioether (sulfide) groups is 1. The van der Waals surface area contributed by atoms with Gasteiger partial charge in [-0.25, -0.2) is 9.78 Å². The molecule has 1 aliphatic heterocycles. The van der Waals surface area contributed by atoms with Crippen molar-refractivity contribution in [1.29, 1.82) is 0 Å². The molecule has 0 bridgehead atoms. The second-order valence-electron chi connectivity index (χ2n) is 7.30. The van der Waals surface area contributed by atoms with Crippen molar-refractivity contribution in [2.24, 2.45) is 20.0 Å². The van der Waals surface area contributed by atoms with Crippen LogP contribution >= 0.6 is 11.8 Å². The molecule has 0 aliphatic carbocycles. The molecule has 152 valence electrons. The minimum absolute atomic E-state index is 0.0619. The number of ether oxygens (including phenoxy) is 1. The van der Waals surface area contributed by atoms with E-state index >= 15 is 0 Å². The molecule has 2 aromatic rings. The van der Waals surface area contributed by atoms with Gasteiger partial charge in [0.15, 0.2) is 0 Å². The predicted octanol–water partition coefficient (Wildman–Crippen LogP) is 1.13. The third kappa shape index (κ3) is 3.86. The van der Waals surface area contributed by atoms with Crippen LogP contribution in [0.3, 0.4) is 0 Å². The molecule has 3 rings (SSSR count). The van der Waals surface area contributed by atoms with Gasteiger partial charge in [0.1, 0.15) is 5.65 Å². The summed E-state index contributed by atoms with van der Waals surface area (Å²) in [7, 11) is 4.60. The zero-order chi connectivity index (χ0) is 20.4. The fourth-order valence-corrected chi connectivity index (χ4v) is 4.52. The molecule has 8 nitrogen and oxygen atoms in total. The average molecular weight is 407 g/mol. The van der Waals surface area contributed by atoms with Crippen molar-refractivity contribution >= 4 is 28.7 Å². The molecule has 0 aromatic carbocycles. The highest BCUT2D eigenvalue weighted by atomic mass is 32.2. The van der Waals surface area contributed by atoms with Crippen LogP contribution < -0.4 is 11.2 Å². The Labute approximate surface area is 167 Å². The number of methoxy groups -OCH3 is 1. The quantitative estimate of drug-likeness (QED) is 0.692. The molecule has 0 radical (unpaired) electrons. The van der Waals surface area contributed by atoms with E-state index in [0.29, 0.717) is 21.8 Å². The van der Waals surface area contributed by atoms with Crippen molar-refractivity contribution in [2.45, 2.75) is 31.3 Å². The Morgan fingerprint density at radius 1 is 1.25 bits per heavy atom. The van der Waals surface area contributed by atoms with Crippen LogP contribution in [-0.2, 0) is 30.2 Å². The van der Waals surface area contributed by atoms with Crippen molar-refractivity contribution in [3.8, 4) is 0 Å². The van der Waals surface area contributed by atoms with Crippen LogP contribution in [0.5, 0.6) is 0 Å². The van der Waals surface area contributed by atoms with Gasteiger partial charge in [0.2, 0.25) is 5.91 Å². The average Bonchev–Trinajstić information content (AvgIpc) is 2.69. The number of piperidine rings is 1. The topological polar surface area (TPSA) is 86.4 Å². The van der Waals surface area contributed by atoms with Crippen LogP contribution in [0.4, 0.5) is 0 Å². The van der Waals surface area contributed by atoms with Gasteiger partial charge in [-0.1, -0.05) is 6.92 Å². The van der Waals surface area contributed by atoms with E-state index in [1.165, 1.54) is 23.4 Å². The molecule has 1 fully saturated rings. The molecule has 2 aromatic heterocycles. The lowest BCUT2D eigenvalue weighted by Crippen LogP contribution is -2.39. The normalized spacial score (nSPS) is 15.4. The van der Waals surface area contributed by atoms with Crippen molar-refractivity contribution in [3.05, 3.63) is 32.6 Å². The van der Waals surface area contributed by atoms with Gasteiger partial charge >= 0.3 is 5.69 Å². The van der Waals surface area contributed by atoms with Crippen LogP contribution in [-0.4, -0.2) is 50.9 Å². The van der Waals surface area contributed by atoms with Crippen LogP contribution in [0, 0.1) is 5.92 Å². The molecule has 0 unspecified atom stereocenters. The zero-order valence-electron chi connectivity index (χ0n) is 16.7. The number of carbonyl (C=O) groups is 1. The first kappa shape index (κ1) is 20.6. The van der Waals surface area contributed by atoms with Crippen LogP contribution in [0.25, 0.3) is 11.0 Å². The molecule has 1 amide bonds. The summed E-state index contributed by atoms with van der Waals surface area (Å²) in [5, 5.41) is 0.351. The van der Waals surface area contributed by atoms with E-state index in [0.717, 1.165) is 36.1 Å². The number of fused-ring (bicyclic) bond motifs is 1. The van der Waals surface area contributed by atoms with E-state index in [9.17, 15) is 14.4 Å². The molecule has 0 N–H and O–H groups in total. The lowest BCUT2D eigenvalue weighted by Gasteiger charge is -2.30. The fraction of sp³-hybridized carbons (Fsp3) is 0.579. The number of carbonyl (C=O) groups excluding carboxylic acids is 1. The maximum atomic E-state index is 12.8. The van der Waals surface area contributed by atoms with E-state index in [2.05, 4.69) is 11.9 Å².